The molecule has 0 radical (unpaired) electrons. The number of aliphatic hydroxyl groups excluding tert-OH is 1. The molecule has 76 valence electrons. The number of aliphatic hydroxyl groups is 1. The van der Waals surface area contributed by atoms with Gasteiger partial charge in [0.2, 0.25) is 0 Å². The molecule has 3 heteroatoms. The van der Waals surface area contributed by atoms with Gasteiger partial charge in [-0.15, -0.1) is 0 Å². The van der Waals surface area contributed by atoms with Crippen LogP contribution in [0.25, 0.3) is 0 Å². The van der Waals surface area contributed by atoms with Crippen molar-refractivity contribution in [1.82, 2.24) is 5.32 Å². The lowest BCUT2D eigenvalue weighted by Crippen LogP contribution is -2.28. The fourth-order valence-corrected chi connectivity index (χ4v) is 1.69. The van der Waals surface area contributed by atoms with Crippen LogP contribution in [0.1, 0.15) is 11.7 Å². The number of nitrogens with one attached hydrogen (secondary N) is 1. The molecule has 2 N–H and O–H groups in total. The molecule has 1 aliphatic heterocycles. The zero-order valence-electron chi connectivity index (χ0n) is 8.02. The van der Waals surface area contributed by atoms with E-state index in [1.54, 1.807) is 0 Å². The van der Waals surface area contributed by atoms with Crippen molar-refractivity contribution < 1.29 is 9.84 Å². The maximum atomic E-state index is 9.81. The Morgan fingerprint density at radius 1 is 1.29 bits per heavy atom. The number of hydrogen-bond acceptors (Lipinski definition) is 3. The van der Waals surface area contributed by atoms with Gasteiger partial charge in [-0.1, -0.05) is 30.3 Å². The number of β-amino-alcohol motifs (C(OH)–C–C–N with tert-alkyl or cyclic N) is 1. The summed E-state index contributed by atoms with van der Waals surface area (Å²) in [5.74, 6) is 0. The molecule has 1 aliphatic rings. The maximum Gasteiger partial charge on any atom is 0.110 e. The summed E-state index contributed by atoms with van der Waals surface area (Å²) in [4.78, 5) is 0. The lowest BCUT2D eigenvalue weighted by molar-refractivity contribution is -0.0199. The number of hydrogen-bond donors (Lipinski definition) is 2. The van der Waals surface area contributed by atoms with Crippen LogP contribution in [0.2, 0.25) is 0 Å². The van der Waals surface area contributed by atoms with Crippen LogP contribution in [0.5, 0.6) is 0 Å². The molecule has 1 fully saturated rings. The van der Waals surface area contributed by atoms with Gasteiger partial charge in [-0.2, -0.15) is 0 Å². The second-order valence-electron chi connectivity index (χ2n) is 3.47. The van der Waals surface area contributed by atoms with Gasteiger partial charge in [0.25, 0.3) is 0 Å². The van der Waals surface area contributed by atoms with Crippen LogP contribution in [0.3, 0.4) is 0 Å². The molecule has 2 atom stereocenters. The Morgan fingerprint density at radius 3 is 2.86 bits per heavy atom. The Balaban J connectivity index is 2.15. The molecule has 0 saturated carbocycles. The van der Waals surface area contributed by atoms with Crippen molar-refractivity contribution in [2.45, 2.75) is 12.2 Å². The molecule has 0 amide bonds. The zero-order chi connectivity index (χ0) is 9.80. The molecule has 0 spiro atoms. The van der Waals surface area contributed by atoms with Crippen LogP contribution in [0, 0.1) is 0 Å². The lowest BCUT2D eigenvalue weighted by Gasteiger charge is -2.20. The van der Waals surface area contributed by atoms with Crippen molar-refractivity contribution in [2.75, 3.05) is 19.7 Å². The van der Waals surface area contributed by atoms with E-state index in [1.807, 2.05) is 30.3 Å². The molecule has 0 aromatic heterocycles. The molecule has 1 aromatic carbocycles. The zero-order valence-corrected chi connectivity index (χ0v) is 8.02. The van der Waals surface area contributed by atoms with Crippen LogP contribution in [0.15, 0.2) is 30.3 Å². The van der Waals surface area contributed by atoms with Crippen molar-refractivity contribution in [1.29, 1.82) is 0 Å². The third kappa shape index (κ3) is 2.12. The highest BCUT2D eigenvalue weighted by atomic mass is 16.5. The largest absolute Gasteiger partial charge is 0.389 e. The summed E-state index contributed by atoms with van der Waals surface area (Å²) in [6.07, 6.45) is -0.647. The maximum absolute atomic E-state index is 9.81. The summed E-state index contributed by atoms with van der Waals surface area (Å²) in [5.41, 5.74) is 1.05. The van der Waals surface area contributed by atoms with E-state index in [1.165, 1.54) is 0 Å². The monoisotopic (exact) mass is 193 g/mol. The molecule has 3 nitrogen and oxygen atoms in total. The fourth-order valence-electron chi connectivity index (χ4n) is 1.69. The van der Waals surface area contributed by atoms with E-state index < -0.39 is 6.10 Å². The third-order valence-corrected chi connectivity index (χ3v) is 2.41. The minimum atomic E-state index is -0.458. The van der Waals surface area contributed by atoms with Crippen LogP contribution >= 0.6 is 0 Å². The van der Waals surface area contributed by atoms with Crippen molar-refractivity contribution in [3.05, 3.63) is 35.9 Å². The Labute approximate surface area is 83.7 Å². The van der Waals surface area contributed by atoms with E-state index in [0.717, 1.165) is 12.1 Å². The standard InChI is InChI=1S/C11H15NO2/c13-10-8-12-6-7-14-11(10)9-4-2-1-3-5-9/h1-5,10-13H,6-8H2/t10-,11+/m0/s1. The number of rotatable bonds is 1. The van der Waals surface area contributed by atoms with Crippen LogP contribution in [-0.2, 0) is 4.74 Å². The summed E-state index contributed by atoms with van der Waals surface area (Å²) in [7, 11) is 0. The quantitative estimate of drug-likeness (QED) is 0.690. The van der Waals surface area contributed by atoms with Crippen molar-refractivity contribution in [3.63, 3.8) is 0 Å². The van der Waals surface area contributed by atoms with Crippen LogP contribution in [-0.4, -0.2) is 30.9 Å². The van der Waals surface area contributed by atoms with Crippen LogP contribution < -0.4 is 5.32 Å². The van der Waals surface area contributed by atoms with E-state index in [-0.39, 0.29) is 6.10 Å². The Morgan fingerprint density at radius 2 is 2.07 bits per heavy atom. The van der Waals surface area contributed by atoms with Gasteiger partial charge in [0.05, 0.1) is 12.7 Å². The molecular formula is C11H15NO2. The topological polar surface area (TPSA) is 41.5 Å². The van der Waals surface area contributed by atoms with Crippen molar-refractivity contribution in [3.8, 4) is 0 Å². The van der Waals surface area contributed by atoms with Crippen LogP contribution in [0.4, 0.5) is 0 Å². The fraction of sp³-hybridized carbons (Fsp3) is 0.455. The molecule has 1 heterocycles. The van der Waals surface area contributed by atoms with Gasteiger partial charge >= 0.3 is 0 Å². The SMILES string of the molecule is O[C@H]1CNCCO[C@@H]1c1ccccc1. The highest BCUT2D eigenvalue weighted by Gasteiger charge is 2.23. The van der Waals surface area contributed by atoms with Crippen molar-refractivity contribution >= 4 is 0 Å². The van der Waals surface area contributed by atoms with Gasteiger partial charge in [0, 0.05) is 13.1 Å². The average Bonchev–Trinajstić information content (AvgIpc) is 2.44. The first-order chi connectivity index (χ1) is 6.88. The third-order valence-electron chi connectivity index (χ3n) is 2.41. The smallest absolute Gasteiger partial charge is 0.110 e. The van der Waals surface area contributed by atoms with Gasteiger partial charge in [-0.3, -0.25) is 0 Å². The molecular weight excluding hydrogens is 178 g/mol. The molecule has 0 aliphatic carbocycles. The predicted molar refractivity (Wildman–Crippen MR) is 54.0 cm³/mol. The molecule has 0 unspecified atom stereocenters. The Hall–Kier alpha value is -0.900. The molecule has 1 saturated heterocycles. The van der Waals surface area contributed by atoms with Gasteiger partial charge in [0.15, 0.2) is 0 Å². The van der Waals surface area contributed by atoms with Crippen molar-refractivity contribution in [2.24, 2.45) is 0 Å². The second kappa shape index (κ2) is 4.55. The normalized spacial score (nSPS) is 28.4. The number of ether oxygens (including phenoxy) is 1. The molecule has 14 heavy (non-hydrogen) atoms. The van der Waals surface area contributed by atoms with E-state index in [0.29, 0.717) is 13.2 Å². The van der Waals surface area contributed by atoms with E-state index in [4.69, 9.17) is 4.74 Å². The predicted octanol–water partition coefficient (Wildman–Crippen LogP) is 0.708. The van der Waals surface area contributed by atoms with E-state index in [2.05, 4.69) is 5.32 Å². The highest BCUT2D eigenvalue weighted by molar-refractivity contribution is 5.19. The number of benzene rings is 1. The molecule has 2 rings (SSSR count). The first-order valence-electron chi connectivity index (χ1n) is 4.93. The lowest BCUT2D eigenvalue weighted by atomic mass is 10.0. The molecule has 1 aromatic rings. The first kappa shape index (κ1) is 9.65. The second-order valence-corrected chi connectivity index (χ2v) is 3.47. The summed E-state index contributed by atoms with van der Waals surface area (Å²) < 4.78 is 5.59. The highest BCUT2D eigenvalue weighted by Crippen LogP contribution is 2.21. The van der Waals surface area contributed by atoms with Gasteiger partial charge in [-0.25, -0.2) is 0 Å². The minimum Gasteiger partial charge on any atom is -0.389 e. The molecule has 0 bridgehead atoms. The van der Waals surface area contributed by atoms with Gasteiger partial charge in [-0.05, 0) is 5.56 Å². The minimum absolute atomic E-state index is 0.189. The Kier molecular flexibility index (Phi) is 3.14. The Bertz CT molecular complexity index is 276. The van der Waals surface area contributed by atoms with E-state index in [9.17, 15) is 5.11 Å². The van der Waals surface area contributed by atoms with Gasteiger partial charge in [0.1, 0.15) is 6.10 Å². The average molecular weight is 193 g/mol. The summed E-state index contributed by atoms with van der Waals surface area (Å²) >= 11 is 0. The van der Waals surface area contributed by atoms with E-state index >= 15 is 0 Å². The van der Waals surface area contributed by atoms with Gasteiger partial charge < -0.3 is 15.2 Å². The summed E-state index contributed by atoms with van der Waals surface area (Å²) in [6.45, 7) is 2.05. The summed E-state index contributed by atoms with van der Waals surface area (Å²) in [5, 5.41) is 12.9. The summed E-state index contributed by atoms with van der Waals surface area (Å²) in [6, 6.07) is 9.86. The first-order valence-corrected chi connectivity index (χ1v) is 4.93.